The first-order chi connectivity index (χ1) is 16.3. The lowest BCUT2D eigenvalue weighted by molar-refractivity contribution is -0.0742. The molecule has 0 aromatic heterocycles. The van der Waals surface area contributed by atoms with Gasteiger partial charge in [-0.25, -0.2) is 8.78 Å². The number of methoxy groups -OCH3 is 1. The summed E-state index contributed by atoms with van der Waals surface area (Å²) < 4.78 is 32.9. The first-order valence-electron chi connectivity index (χ1n) is 13.6. The van der Waals surface area contributed by atoms with Gasteiger partial charge in [0.25, 0.3) is 5.91 Å². The molecule has 4 aliphatic rings. The molecular formula is C29H41F2NO2. The highest BCUT2D eigenvalue weighted by atomic mass is 19.1. The maximum Gasteiger partial charge on any atom is 0.254 e. The molecule has 4 aliphatic carbocycles. The Balaban J connectivity index is 1.26. The highest BCUT2D eigenvalue weighted by Crippen LogP contribution is 2.64. The zero-order valence-corrected chi connectivity index (χ0v) is 21.0. The van der Waals surface area contributed by atoms with E-state index in [1.165, 1.54) is 57.4 Å². The maximum atomic E-state index is 14.2. The number of hydrogen-bond acceptors (Lipinski definition) is 2. The predicted molar refractivity (Wildman–Crippen MR) is 129 cm³/mol. The third kappa shape index (κ3) is 4.20. The van der Waals surface area contributed by atoms with Crippen LogP contribution in [0.25, 0.3) is 0 Å². The van der Waals surface area contributed by atoms with Gasteiger partial charge in [0.05, 0.1) is 5.56 Å². The Hall–Kier alpha value is -1.49. The van der Waals surface area contributed by atoms with Crippen molar-refractivity contribution in [1.82, 2.24) is 5.32 Å². The van der Waals surface area contributed by atoms with Gasteiger partial charge < -0.3 is 10.1 Å². The third-order valence-electron chi connectivity index (χ3n) is 10.7. The average Bonchev–Trinajstić information content (AvgIpc) is 3.16. The normalized spacial score (nSPS) is 40.1. The van der Waals surface area contributed by atoms with Crippen LogP contribution in [-0.2, 0) is 4.74 Å². The summed E-state index contributed by atoms with van der Waals surface area (Å²) in [6.07, 6.45) is 11.7. The van der Waals surface area contributed by atoms with Gasteiger partial charge in [0.2, 0.25) is 0 Å². The van der Waals surface area contributed by atoms with E-state index in [9.17, 15) is 13.6 Å². The first kappa shape index (κ1) is 24.2. The van der Waals surface area contributed by atoms with Gasteiger partial charge >= 0.3 is 0 Å². The highest BCUT2D eigenvalue weighted by Gasteiger charge is 2.57. The summed E-state index contributed by atoms with van der Waals surface area (Å²) in [5.74, 6) is 3.48. The van der Waals surface area contributed by atoms with Gasteiger partial charge in [-0.2, -0.15) is 0 Å². The predicted octanol–water partition coefficient (Wildman–Crippen LogP) is 6.61. The quantitative estimate of drug-likeness (QED) is 0.522. The summed E-state index contributed by atoms with van der Waals surface area (Å²) >= 11 is 0. The van der Waals surface area contributed by atoms with E-state index in [1.54, 1.807) is 0 Å². The Bertz CT molecular complexity index is 906. The van der Waals surface area contributed by atoms with Crippen molar-refractivity contribution in [3.05, 3.63) is 35.4 Å². The van der Waals surface area contributed by atoms with Crippen LogP contribution in [0.5, 0.6) is 0 Å². The SMILES string of the molecule is COC[C@H]1CC[C@@H]2C3CC[C@@]4(C)C(CCC4[C@@H](C)NC(=O)c4ccc(F)cc4F)[C@@H]3CC[C@@H]2C1. The van der Waals surface area contributed by atoms with Crippen LogP contribution in [-0.4, -0.2) is 25.7 Å². The maximum absolute atomic E-state index is 14.2. The number of hydrogen-bond donors (Lipinski definition) is 1. The van der Waals surface area contributed by atoms with Gasteiger partial charge in [-0.3, -0.25) is 4.79 Å². The summed E-state index contributed by atoms with van der Waals surface area (Å²) in [5.41, 5.74) is 0.161. The Kier molecular flexibility index (Phi) is 6.78. The smallest absolute Gasteiger partial charge is 0.254 e. The van der Waals surface area contributed by atoms with Crippen molar-refractivity contribution in [3.8, 4) is 0 Å². The molecule has 4 saturated carbocycles. The summed E-state index contributed by atoms with van der Waals surface area (Å²) in [6.45, 7) is 5.47. The fraction of sp³-hybridized carbons (Fsp3) is 0.759. The van der Waals surface area contributed by atoms with E-state index in [4.69, 9.17) is 4.74 Å². The Labute approximate surface area is 203 Å². The molecule has 0 spiro atoms. The van der Waals surface area contributed by atoms with Crippen LogP contribution in [0.4, 0.5) is 8.78 Å². The molecule has 3 nitrogen and oxygen atoms in total. The molecule has 5 heteroatoms. The number of nitrogens with one attached hydrogen (secondary N) is 1. The fourth-order valence-electron chi connectivity index (χ4n) is 9.26. The van der Waals surface area contributed by atoms with Crippen molar-refractivity contribution >= 4 is 5.91 Å². The monoisotopic (exact) mass is 473 g/mol. The zero-order valence-electron chi connectivity index (χ0n) is 21.0. The summed E-state index contributed by atoms with van der Waals surface area (Å²) in [5, 5.41) is 3.08. The molecule has 4 fully saturated rings. The lowest BCUT2D eigenvalue weighted by Crippen LogP contribution is -2.51. The largest absolute Gasteiger partial charge is 0.384 e. The second-order valence-electron chi connectivity index (χ2n) is 12.2. The topological polar surface area (TPSA) is 38.3 Å². The van der Waals surface area contributed by atoms with E-state index in [1.807, 2.05) is 7.11 Å². The van der Waals surface area contributed by atoms with E-state index in [0.717, 1.165) is 60.7 Å². The summed E-state index contributed by atoms with van der Waals surface area (Å²) in [7, 11) is 1.83. The number of halogens is 2. The summed E-state index contributed by atoms with van der Waals surface area (Å²) in [6, 6.07) is 3.16. The lowest BCUT2D eigenvalue weighted by Gasteiger charge is -2.56. The van der Waals surface area contributed by atoms with Crippen molar-refractivity contribution < 1.29 is 18.3 Å². The highest BCUT2D eigenvalue weighted by molar-refractivity contribution is 5.94. The fourth-order valence-corrected chi connectivity index (χ4v) is 9.26. The molecule has 1 aromatic carbocycles. The van der Waals surface area contributed by atoms with Crippen LogP contribution in [0.1, 0.15) is 82.0 Å². The molecule has 1 amide bonds. The second kappa shape index (κ2) is 9.52. The molecule has 0 saturated heterocycles. The number of benzene rings is 1. The van der Waals surface area contributed by atoms with Gasteiger partial charge in [0.15, 0.2) is 0 Å². The molecule has 188 valence electrons. The molecule has 0 heterocycles. The van der Waals surface area contributed by atoms with E-state index in [-0.39, 0.29) is 17.0 Å². The lowest BCUT2D eigenvalue weighted by atomic mass is 9.49. The zero-order chi connectivity index (χ0) is 24.0. The van der Waals surface area contributed by atoms with Gasteiger partial charge in [-0.05, 0) is 124 Å². The molecule has 1 N–H and O–H groups in total. The Morgan fingerprint density at radius 1 is 1.09 bits per heavy atom. The van der Waals surface area contributed by atoms with Crippen molar-refractivity contribution in [1.29, 1.82) is 0 Å². The number of fused-ring (bicyclic) bond motifs is 5. The van der Waals surface area contributed by atoms with E-state index in [0.29, 0.717) is 5.92 Å². The number of ether oxygens (including phenoxy) is 1. The molecule has 5 rings (SSSR count). The van der Waals surface area contributed by atoms with Crippen molar-refractivity contribution in [2.24, 2.45) is 46.8 Å². The molecule has 9 atom stereocenters. The number of carbonyl (C=O) groups excluding carboxylic acids is 1. The first-order valence-corrected chi connectivity index (χ1v) is 13.6. The van der Waals surface area contributed by atoms with Gasteiger partial charge in [0, 0.05) is 25.8 Å². The summed E-state index contributed by atoms with van der Waals surface area (Å²) in [4.78, 5) is 12.8. The van der Waals surface area contributed by atoms with Crippen LogP contribution in [0.15, 0.2) is 18.2 Å². The van der Waals surface area contributed by atoms with Gasteiger partial charge in [-0.15, -0.1) is 0 Å². The second-order valence-corrected chi connectivity index (χ2v) is 12.2. The molecule has 0 aliphatic heterocycles. The molecule has 0 radical (unpaired) electrons. The van der Waals surface area contributed by atoms with Crippen LogP contribution in [0, 0.1) is 58.5 Å². The van der Waals surface area contributed by atoms with Crippen molar-refractivity contribution in [2.45, 2.75) is 77.7 Å². The van der Waals surface area contributed by atoms with Crippen molar-refractivity contribution in [3.63, 3.8) is 0 Å². The minimum Gasteiger partial charge on any atom is -0.384 e. The van der Waals surface area contributed by atoms with Crippen molar-refractivity contribution in [2.75, 3.05) is 13.7 Å². The minimum absolute atomic E-state index is 0.0238. The Morgan fingerprint density at radius 2 is 1.88 bits per heavy atom. The standard InChI is InChI=1S/C29H41F2NO2/c1-17(32-28(33)24-9-6-20(30)15-27(24)31)25-10-11-26-23-8-5-19-14-18(16-34-3)4-7-21(19)22(23)12-13-29(25,26)2/h6,9,15,17-19,21-23,25-26H,4-5,7-8,10-14,16H2,1-3H3,(H,32,33)/t17-,18+,19-,21+,22?,23-,25?,26?,29-/m1/s1. The number of carbonyl (C=O) groups is 1. The molecular weight excluding hydrogens is 432 g/mol. The van der Waals surface area contributed by atoms with E-state index in [2.05, 4.69) is 19.2 Å². The van der Waals surface area contributed by atoms with Crippen LogP contribution in [0.3, 0.4) is 0 Å². The Morgan fingerprint density at radius 3 is 2.65 bits per heavy atom. The van der Waals surface area contributed by atoms with Gasteiger partial charge in [-0.1, -0.05) is 6.92 Å². The molecule has 34 heavy (non-hydrogen) atoms. The number of amides is 1. The molecule has 1 aromatic rings. The molecule has 3 unspecified atom stereocenters. The number of rotatable bonds is 5. The van der Waals surface area contributed by atoms with Crippen LogP contribution < -0.4 is 5.32 Å². The minimum atomic E-state index is -0.794. The average molecular weight is 474 g/mol. The van der Waals surface area contributed by atoms with E-state index >= 15 is 0 Å². The molecule has 0 bridgehead atoms. The third-order valence-corrected chi connectivity index (χ3v) is 10.7. The van der Waals surface area contributed by atoms with Gasteiger partial charge in [0.1, 0.15) is 11.6 Å². The van der Waals surface area contributed by atoms with E-state index < -0.39 is 17.5 Å². The van der Waals surface area contributed by atoms with Crippen LogP contribution >= 0.6 is 0 Å². The van der Waals surface area contributed by atoms with Crippen LogP contribution in [0.2, 0.25) is 0 Å².